The van der Waals surface area contributed by atoms with Gasteiger partial charge in [-0.15, -0.1) is 0 Å². The predicted molar refractivity (Wildman–Crippen MR) is 92.8 cm³/mol. The maximum Gasteiger partial charge on any atom is 0.0702 e. The van der Waals surface area contributed by atoms with Gasteiger partial charge in [0, 0.05) is 18.3 Å². The highest BCUT2D eigenvalue weighted by molar-refractivity contribution is 5.59. The molecule has 2 aromatic carbocycles. The number of aliphatic hydroxyl groups is 1. The van der Waals surface area contributed by atoms with Crippen LogP contribution in [-0.2, 0) is 6.54 Å². The Bertz CT molecular complexity index is 729. The summed E-state index contributed by atoms with van der Waals surface area (Å²) in [5.41, 5.74) is 4.33. The van der Waals surface area contributed by atoms with Gasteiger partial charge in [-0.1, -0.05) is 54.6 Å². The second kappa shape index (κ2) is 7.68. The molecule has 0 fully saturated rings. The Labute approximate surface area is 136 Å². The zero-order valence-corrected chi connectivity index (χ0v) is 12.9. The maximum absolute atomic E-state index is 9.62. The lowest BCUT2D eigenvalue weighted by molar-refractivity contribution is 0.243. The van der Waals surface area contributed by atoms with Crippen LogP contribution in [0.25, 0.3) is 11.3 Å². The zero-order valence-electron chi connectivity index (χ0n) is 12.9. The number of nitrogens with one attached hydrogen (secondary N) is 1. The van der Waals surface area contributed by atoms with Crippen molar-refractivity contribution < 1.29 is 5.11 Å². The lowest BCUT2D eigenvalue weighted by Gasteiger charge is -2.17. The largest absolute Gasteiger partial charge is 0.394 e. The molecule has 0 aliphatic carbocycles. The molecule has 116 valence electrons. The highest BCUT2D eigenvalue weighted by Gasteiger charge is 2.09. The summed E-state index contributed by atoms with van der Waals surface area (Å²) in [5.74, 6) is 0. The Morgan fingerprint density at radius 1 is 0.913 bits per heavy atom. The van der Waals surface area contributed by atoms with Crippen molar-refractivity contribution in [1.29, 1.82) is 0 Å². The molecule has 1 heterocycles. The van der Waals surface area contributed by atoms with Crippen LogP contribution in [0.3, 0.4) is 0 Å². The molecule has 1 aromatic heterocycles. The Hall–Kier alpha value is -2.49. The molecule has 2 N–H and O–H groups in total. The van der Waals surface area contributed by atoms with Crippen LogP contribution in [-0.4, -0.2) is 16.7 Å². The highest BCUT2D eigenvalue weighted by atomic mass is 16.3. The van der Waals surface area contributed by atoms with E-state index in [9.17, 15) is 5.11 Å². The monoisotopic (exact) mass is 304 g/mol. The van der Waals surface area contributed by atoms with Gasteiger partial charge >= 0.3 is 0 Å². The molecule has 3 heteroatoms. The highest BCUT2D eigenvalue weighted by Crippen LogP contribution is 2.18. The number of hydrogen-bond acceptors (Lipinski definition) is 3. The topological polar surface area (TPSA) is 45.1 Å². The number of nitrogens with zero attached hydrogens (tertiary/aromatic N) is 1. The van der Waals surface area contributed by atoms with Crippen LogP contribution < -0.4 is 5.32 Å². The van der Waals surface area contributed by atoms with E-state index in [1.54, 1.807) is 6.20 Å². The third-order valence-corrected chi connectivity index (χ3v) is 3.82. The number of aromatic nitrogens is 1. The van der Waals surface area contributed by atoms with Gasteiger partial charge in [0.25, 0.3) is 0 Å². The standard InChI is InChI=1S/C20H20N2O/c23-15-20(17-8-2-1-3-9-17)22-14-16-7-6-10-18(13-16)19-11-4-5-12-21-19/h1-13,20,22-23H,14-15H2/t20-/m1/s1. The molecular weight excluding hydrogens is 284 g/mol. The summed E-state index contributed by atoms with van der Waals surface area (Å²) in [5, 5.41) is 13.0. The first-order valence-corrected chi connectivity index (χ1v) is 7.76. The zero-order chi connectivity index (χ0) is 15.9. The van der Waals surface area contributed by atoms with Crippen molar-refractivity contribution in [2.75, 3.05) is 6.61 Å². The molecule has 0 radical (unpaired) electrons. The van der Waals surface area contributed by atoms with Crippen LogP contribution in [0, 0.1) is 0 Å². The first-order chi connectivity index (χ1) is 11.4. The van der Waals surface area contributed by atoms with Gasteiger partial charge in [0.05, 0.1) is 18.3 Å². The molecule has 0 aliphatic heterocycles. The Kier molecular flexibility index (Phi) is 5.14. The van der Waals surface area contributed by atoms with E-state index in [4.69, 9.17) is 0 Å². The fourth-order valence-corrected chi connectivity index (χ4v) is 2.59. The summed E-state index contributed by atoms with van der Waals surface area (Å²) in [7, 11) is 0. The van der Waals surface area contributed by atoms with Gasteiger partial charge in [-0.2, -0.15) is 0 Å². The third-order valence-electron chi connectivity index (χ3n) is 3.82. The van der Waals surface area contributed by atoms with Crippen molar-refractivity contribution in [2.24, 2.45) is 0 Å². The minimum Gasteiger partial charge on any atom is -0.394 e. The van der Waals surface area contributed by atoms with E-state index in [0.717, 1.165) is 16.8 Å². The fraction of sp³-hybridized carbons (Fsp3) is 0.150. The molecule has 3 rings (SSSR count). The molecule has 3 aromatic rings. The van der Waals surface area contributed by atoms with E-state index < -0.39 is 0 Å². The van der Waals surface area contributed by atoms with Crippen LogP contribution in [0.1, 0.15) is 17.2 Å². The molecule has 23 heavy (non-hydrogen) atoms. The van der Waals surface area contributed by atoms with Crippen LogP contribution >= 0.6 is 0 Å². The lowest BCUT2D eigenvalue weighted by atomic mass is 10.1. The van der Waals surface area contributed by atoms with Gasteiger partial charge in [0.2, 0.25) is 0 Å². The summed E-state index contributed by atoms with van der Waals surface area (Å²) in [6.45, 7) is 0.769. The molecule has 0 amide bonds. The average molecular weight is 304 g/mol. The molecule has 0 unspecified atom stereocenters. The molecule has 0 bridgehead atoms. The van der Waals surface area contributed by atoms with Gasteiger partial charge in [-0.3, -0.25) is 4.98 Å². The molecule has 0 aliphatic rings. The smallest absolute Gasteiger partial charge is 0.0702 e. The predicted octanol–water partition coefficient (Wildman–Crippen LogP) is 3.57. The van der Waals surface area contributed by atoms with E-state index in [2.05, 4.69) is 28.5 Å². The number of rotatable bonds is 6. The summed E-state index contributed by atoms with van der Waals surface area (Å²) in [6.07, 6.45) is 1.80. The molecule has 1 atom stereocenters. The van der Waals surface area contributed by atoms with Crippen LogP contribution in [0.2, 0.25) is 0 Å². The van der Waals surface area contributed by atoms with Gasteiger partial charge < -0.3 is 10.4 Å². The molecule has 0 saturated carbocycles. The minimum atomic E-state index is -0.0605. The number of aliphatic hydroxyl groups excluding tert-OH is 1. The van der Waals surface area contributed by atoms with Crippen molar-refractivity contribution in [3.05, 3.63) is 90.1 Å². The van der Waals surface area contributed by atoms with E-state index in [1.807, 2.05) is 54.6 Å². The SMILES string of the molecule is OC[C@@H](NCc1cccc(-c2ccccn2)c1)c1ccccc1. The Morgan fingerprint density at radius 2 is 1.74 bits per heavy atom. The van der Waals surface area contributed by atoms with Crippen LogP contribution in [0.15, 0.2) is 79.0 Å². The van der Waals surface area contributed by atoms with Gasteiger partial charge in [0.1, 0.15) is 0 Å². The van der Waals surface area contributed by atoms with Gasteiger partial charge in [-0.05, 0) is 29.3 Å². The number of hydrogen-bond donors (Lipinski definition) is 2. The van der Waals surface area contributed by atoms with Crippen LogP contribution in [0.5, 0.6) is 0 Å². The van der Waals surface area contributed by atoms with E-state index >= 15 is 0 Å². The van der Waals surface area contributed by atoms with E-state index in [0.29, 0.717) is 6.54 Å². The molecule has 0 spiro atoms. The summed E-state index contributed by atoms with van der Waals surface area (Å²) >= 11 is 0. The van der Waals surface area contributed by atoms with Crippen LogP contribution in [0.4, 0.5) is 0 Å². The summed E-state index contributed by atoms with van der Waals surface area (Å²) < 4.78 is 0. The third kappa shape index (κ3) is 4.03. The van der Waals surface area contributed by atoms with Crippen molar-refractivity contribution >= 4 is 0 Å². The first kappa shape index (κ1) is 15.4. The number of benzene rings is 2. The Balaban J connectivity index is 1.71. The second-order valence-electron chi connectivity index (χ2n) is 5.44. The first-order valence-electron chi connectivity index (χ1n) is 7.76. The number of pyridine rings is 1. The van der Waals surface area contributed by atoms with Crippen molar-refractivity contribution in [1.82, 2.24) is 10.3 Å². The van der Waals surface area contributed by atoms with E-state index in [1.165, 1.54) is 5.56 Å². The quantitative estimate of drug-likeness (QED) is 0.732. The summed E-state index contributed by atoms with van der Waals surface area (Å²) in [6, 6.07) is 24.2. The van der Waals surface area contributed by atoms with Crippen molar-refractivity contribution in [2.45, 2.75) is 12.6 Å². The lowest BCUT2D eigenvalue weighted by Crippen LogP contribution is -2.23. The average Bonchev–Trinajstić information content (AvgIpc) is 2.64. The normalized spacial score (nSPS) is 12.0. The molecule has 3 nitrogen and oxygen atoms in total. The minimum absolute atomic E-state index is 0.0605. The maximum atomic E-state index is 9.62. The second-order valence-corrected chi connectivity index (χ2v) is 5.44. The molecule has 0 saturated heterocycles. The van der Waals surface area contributed by atoms with Gasteiger partial charge in [-0.25, -0.2) is 0 Å². The van der Waals surface area contributed by atoms with E-state index in [-0.39, 0.29) is 12.6 Å². The Morgan fingerprint density at radius 3 is 2.48 bits per heavy atom. The summed E-state index contributed by atoms with van der Waals surface area (Å²) in [4.78, 5) is 4.39. The van der Waals surface area contributed by atoms with Crippen molar-refractivity contribution in [3.8, 4) is 11.3 Å². The van der Waals surface area contributed by atoms with Crippen molar-refractivity contribution in [3.63, 3.8) is 0 Å². The van der Waals surface area contributed by atoms with Gasteiger partial charge in [0.15, 0.2) is 0 Å². The molecular formula is C20H20N2O. The fourth-order valence-electron chi connectivity index (χ4n) is 2.59.